The van der Waals surface area contributed by atoms with Crippen LogP contribution in [0.2, 0.25) is 0 Å². The van der Waals surface area contributed by atoms with E-state index in [4.69, 9.17) is 4.74 Å². The Hall–Kier alpha value is -2.40. The summed E-state index contributed by atoms with van der Waals surface area (Å²) in [5.74, 6) is 1.51. The summed E-state index contributed by atoms with van der Waals surface area (Å²) in [5, 5.41) is 1.24. The first kappa shape index (κ1) is 18.6. The van der Waals surface area contributed by atoms with Crippen molar-refractivity contribution in [3.8, 4) is 11.4 Å². The van der Waals surface area contributed by atoms with Gasteiger partial charge in [-0.15, -0.1) is 0 Å². The highest BCUT2D eigenvalue weighted by Gasteiger charge is 2.25. The Labute approximate surface area is 171 Å². The molecule has 1 aliphatic heterocycles. The summed E-state index contributed by atoms with van der Waals surface area (Å²) in [6.45, 7) is 6.30. The van der Waals surface area contributed by atoms with Gasteiger partial charge in [-0.1, -0.05) is 6.92 Å². The molecule has 0 amide bonds. The van der Waals surface area contributed by atoms with Crippen LogP contribution >= 0.6 is 0 Å². The minimum Gasteiger partial charge on any atom is -0.491 e. The normalized spacial score (nSPS) is 18.4. The topological polar surface area (TPSA) is 30.3 Å². The first-order valence-corrected chi connectivity index (χ1v) is 10.8. The molecule has 0 atom stereocenters. The molecule has 5 rings (SSSR count). The number of fused-ring (bicyclic) bond motifs is 1. The van der Waals surface area contributed by atoms with Gasteiger partial charge in [0.25, 0.3) is 0 Å². The van der Waals surface area contributed by atoms with E-state index in [1.807, 2.05) is 18.5 Å². The largest absolute Gasteiger partial charge is 0.491 e. The maximum Gasteiger partial charge on any atom is 0.146 e. The molecule has 1 aliphatic carbocycles. The average molecular weight is 394 g/mol. The van der Waals surface area contributed by atoms with Crippen molar-refractivity contribution in [1.29, 1.82) is 0 Å². The Morgan fingerprint density at radius 2 is 1.97 bits per heavy atom. The third kappa shape index (κ3) is 3.76. The van der Waals surface area contributed by atoms with Gasteiger partial charge in [0.05, 0.1) is 24.0 Å². The lowest BCUT2D eigenvalue weighted by atomic mass is 9.89. The molecule has 152 valence electrons. The molecular weight excluding hydrogens is 365 g/mol. The number of likely N-dealkylation sites (tertiary alicyclic amines) is 1. The van der Waals surface area contributed by atoms with Crippen LogP contribution in [-0.2, 0) is 0 Å². The Morgan fingerprint density at radius 3 is 2.72 bits per heavy atom. The number of nitrogens with zero attached hydrogens (tertiary/aromatic N) is 3. The summed E-state index contributed by atoms with van der Waals surface area (Å²) in [5.41, 5.74) is 3.32. The van der Waals surface area contributed by atoms with Gasteiger partial charge in [-0.2, -0.15) is 0 Å². The van der Waals surface area contributed by atoms with Gasteiger partial charge in [-0.3, -0.25) is 4.98 Å². The van der Waals surface area contributed by atoms with E-state index in [2.05, 4.69) is 33.6 Å². The van der Waals surface area contributed by atoms with Crippen molar-refractivity contribution in [3.05, 3.63) is 54.2 Å². The van der Waals surface area contributed by atoms with Crippen LogP contribution in [0, 0.1) is 11.7 Å². The van der Waals surface area contributed by atoms with Crippen molar-refractivity contribution in [2.45, 2.75) is 38.5 Å². The molecule has 0 unspecified atom stereocenters. The maximum atomic E-state index is 14.0. The SMILES string of the molecule is CCN1CCC(c2cn(-c3ccc(F)cc3OCC3CC3)c3cnccc23)CC1. The van der Waals surface area contributed by atoms with Crippen LogP contribution in [0.3, 0.4) is 0 Å². The van der Waals surface area contributed by atoms with Gasteiger partial charge in [-0.05, 0) is 80.9 Å². The molecule has 0 N–H and O–H groups in total. The smallest absolute Gasteiger partial charge is 0.146 e. The van der Waals surface area contributed by atoms with E-state index in [1.165, 1.54) is 48.8 Å². The van der Waals surface area contributed by atoms with Gasteiger partial charge in [0, 0.05) is 23.8 Å². The predicted octanol–water partition coefficient (Wildman–Crippen LogP) is 5.15. The highest BCUT2D eigenvalue weighted by molar-refractivity contribution is 5.86. The number of benzene rings is 1. The van der Waals surface area contributed by atoms with E-state index in [0.717, 1.165) is 30.8 Å². The first-order chi connectivity index (χ1) is 14.2. The van der Waals surface area contributed by atoms with Gasteiger partial charge in [0.15, 0.2) is 0 Å². The van der Waals surface area contributed by atoms with E-state index < -0.39 is 0 Å². The van der Waals surface area contributed by atoms with Crippen LogP contribution in [0.1, 0.15) is 44.1 Å². The van der Waals surface area contributed by atoms with Crippen LogP contribution in [0.15, 0.2) is 42.9 Å². The monoisotopic (exact) mass is 393 g/mol. The fourth-order valence-corrected chi connectivity index (χ4v) is 4.48. The molecule has 0 radical (unpaired) electrons. The lowest BCUT2D eigenvalue weighted by Crippen LogP contribution is -2.32. The lowest BCUT2D eigenvalue weighted by molar-refractivity contribution is 0.223. The molecule has 2 aromatic heterocycles. The molecule has 0 spiro atoms. The molecule has 29 heavy (non-hydrogen) atoms. The van der Waals surface area contributed by atoms with E-state index in [-0.39, 0.29) is 5.82 Å². The Balaban J connectivity index is 1.54. The second-order valence-electron chi connectivity index (χ2n) is 8.42. The zero-order valence-electron chi connectivity index (χ0n) is 17.0. The van der Waals surface area contributed by atoms with Crippen molar-refractivity contribution in [1.82, 2.24) is 14.5 Å². The maximum absolute atomic E-state index is 14.0. The van der Waals surface area contributed by atoms with Crippen LogP contribution in [0.5, 0.6) is 5.75 Å². The number of pyridine rings is 1. The molecule has 1 saturated heterocycles. The summed E-state index contributed by atoms with van der Waals surface area (Å²) in [7, 11) is 0. The lowest BCUT2D eigenvalue weighted by Gasteiger charge is -2.30. The van der Waals surface area contributed by atoms with Crippen LogP contribution in [0.25, 0.3) is 16.6 Å². The summed E-state index contributed by atoms with van der Waals surface area (Å²) in [4.78, 5) is 6.89. The van der Waals surface area contributed by atoms with Crippen molar-refractivity contribution in [2.75, 3.05) is 26.2 Å². The first-order valence-electron chi connectivity index (χ1n) is 10.8. The summed E-state index contributed by atoms with van der Waals surface area (Å²) in [6, 6.07) is 6.97. The molecule has 3 heterocycles. The van der Waals surface area contributed by atoms with E-state index in [9.17, 15) is 4.39 Å². The number of halogens is 1. The Bertz CT molecular complexity index is 1000. The number of hydrogen-bond donors (Lipinski definition) is 0. The third-order valence-corrected chi connectivity index (χ3v) is 6.47. The number of ether oxygens (including phenoxy) is 1. The molecule has 4 nitrogen and oxygen atoms in total. The predicted molar refractivity (Wildman–Crippen MR) is 113 cm³/mol. The molecule has 5 heteroatoms. The van der Waals surface area contributed by atoms with Crippen molar-refractivity contribution in [2.24, 2.45) is 5.92 Å². The van der Waals surface area contributed by atoms with E-state index in [1.54, 1.807) is 0 Å². The van der Waals surface area contributed by atoms with Crippen LogP contribution < -0.4 is 4.74 Å². The number of piperidine rings is 1. The molecule has 2 aliphatic rings. The van der Waals surface area contributed by atoms with Gasteiger partial charge in [0.2, 0.25) is 0 Å². The van der Waals surface area contributed by atoms with Gasteiger partial charge >= 0.3 is 0 Å². The van der Waals surface area contributed by atoms with Gasteiger partial charge in [-0.25, -0.2) is 4.39 Å². The van der Waals surface area contributed by atoms with Crippen molar-refractivity contribution < 1.29 is 9.13 Å². The molecule has 3 aromatic rings. The highest BCUT2D eigenvalue weighted by atomic mass is 19.1. The average Bonchev–Trinajstić information content (AvgIpc) is 3.52. The summed E-state index contributed by atoms with van der Waals surface area (Å²) < 4.78 is 22.2. The minimum absolute atomic E-state index is 0.263. The Morgan fingerprint density at radius 1 is 1.14 bits per heavy atom. The second-order valence-corrected chi connectivity index (χ2v) is 8.42. The zero-order chi connectivity index (χ0) is 19.8. The second kappa shape index (κ2) is 7.79. The fraction of sp³-hybridized carbons (Fsp3) is 0.458. The quantitative estimate of drug-likeness (QED) is 0.580. The zero-order valence-corrected chi connectivity index (χ0v) is 17.0. The van der Waals surface area contributed by atoms with Crippen LogP contribution in [0.4, 0.5) is 4.39 Å². The van der Waals surface area contributed by atoms with Gasteiger partial charge < -0.3 is 14.2 Å². The fourth-order valence-electron chi connectivity index (χ4n) is 4.48. The molecule has 2 fully saturated rings. The van der Waals surface area contributed by atoms with Crippen LogP contribution in [-0.4, -0.2) is 40.7 Å². The van der Waals surface area contributed by atoms with E-state index in [0.29, 0.717) is 24.2 Å². The number of rotatable bonds is 6. The molecule has 1 saturated carbocycles. The van der Waals surface area contributed by atoms with Gasteiger partial charge in [0.1, 0.15) is 11.6 Å². The number of aromatic nitrogens is 2. The summed E-state index contributed by atoms with van der Waals surface area (Å²) >= 11 is 0. The van der Waals surface area contributed by atoms with Crippen molar-refractivity contribution >= 4 is 10.9 Å². The Kier molecular flexibility index (Phi) is 5.00. The van der Waals surface area contributed by atoms with E-state index >= 15 is 0 Å². The highest BCUT2D eigenvalue weighted by Crippen LogP contribution is 2.38. The minimum atomic E-state index is -0.263. The molecule has 0 bridgehead atoms. The summed E-state index contributed by atoms with van der Waals surface area (Å²) in [6.07, 6.45) is 10.8. The van der Waals surface area contributed by atoms with Crippen molar-refractivity contribution in [3.63, 3.8) is 0 Å². The number of hydrogen-bond acceptors (Lipinski definition) is 3. The standard InChI is InChI=1S/C24H28FN3O/c1-2-27-11-8-18(9-12-27)21-15-28(23-14-26-10-7-20(21)23)22-6-5-19(25)13-24(22)29-16-17-3-4-17/h5-7,10,13-15,17-18H,2-4,8-9,11-12,16H2,1H3. The third-order valence-electron chi connectivity index (χ3n) is 6.47. The molecule has 1 aromatic carbocycles. The molecular formula is C24H28FN3O.